The Kier molecular flexibility index (Phi) is 5.87. The van der Waals surface area contributed by atoms with Gasteiger partial charge >= 0.3 is 5.97 Å². The summed E-state index contributed by atoms with van der Waals surface area (Å²) in [5, 5.41) is 10.4. The number of thioether (sulfide) groups is 1. The van der Waals surface area contributed by atoms with Gasteiger partial charge < -0.3 is 4.74 Å². The van der Waals surface area contributed by atoms with Crippen LogP contribution >= 0.6 is 23.1 Å². The number of fused-ring (bicyclic) bond motifs is 1. The Morgan fingerprint density at radius 1 is 1.03 bits per heavy atom. The van der Waals surface area contributed by atoms with Gasteiger partial charge in [-0.1, -0.05) is 71.9 Å². The fourth-order valence-corrected chi connectivity index (χ4v) is 4.54. The average Bonchev–Trinajstić information content (AvgIpc) is 3.13. The average molecular weight is 422 g/mol. The van der Waals surface area contributed by atoms with Gasteiger partial charge in [-0.2, -0.15) is 0 Å². The molecule has 146 valence electrons. The van der Waals surface area contributed by atoms with E-state index in [1.54, 1.807) is 11.3 Å². The zero-order chi connectivity index (χ0) is 20.2. The number of carbonyl (C=O) groups excluding carboxylic acids is 1. The molecule has 2 aromatic carbocycles. The van der Waals surface area contributed by atoms with Crippen LogP contribution in [-0.2, 0) is 16.1 Å². The first-order valence-electron chi connectivity index (χ1n) is 9.13. The summed E-state index contributed by atoms with van der Waals surface area (Å²) in [4.78, 5) is 16.8. The van der Waals surface area contributed by atoms with Gasteiger partial charge in [-0.3, -0.25) is 4.79 Å². The molecule has 4 rings (SSSR count). The first-order chi connectivity index (χ1) is 14.1. The molecule has 0 bridgehead atoms. The normalized spacial score (nSPS) is 11.0. The second-order valence-corrected chi connectivity index (χ2v) is 8.73. The Morgan fingerprint density at radius 3 is 2.55 bits per heavy atom. The molecule has 0 aliphatic carbocycles. The molecular formula is C22H19N3O2S2. The number of ether oxygens (including phenoxy) is 1. The molecule has 2 aromatic heterocycles. The summed E-state index contributed by atoms with van der Waals surface area (Å²) in [6.45, 7) is 4.29. The van der Waals surface area contributed by atoms with Crippen LogP contribution in [0.3, 0.4) is 0 Å². The third kappa shape index (κ3) is 4.63. The van der Waals surface area contributed by atoms with E-state index >= 15 is 0 Å². The lowest BCUT2D eigenvalue weighted by atomic mass is 10.1. The van der Waals surface area contributed by atoms with E-state index in [0.29, 0.717) is 5.03 Å². The summed E-state index contributed by atoms with van der Waals surface area (Å²) in [5.74, 6) is -0.125. The lowest BCUT2D eigenvalue weighted by Crippen LogP contribution is -2.07. The van der Waals surface area contributed by atoms with E-state index in [-0.39, 0.29) is 18.3 Å². The molecule has 2 heterocycles. The monoisotopic (exact) mass is 421 g/mol. The molecule has 0 atom stereocenters. The predicted octanol–water partition coefficient (Wildman–Crippen LogP) is 5.21. The van der Waals surface area contributed by atoms with Crippen molar-refractivity contribution in [3.05, 3.63) is 70.7 Å². The van der Waals surface area contributed by atoms with Crippen molar-refractivity contribution >= 4 is 39.3 Å². The highest BCUT2D eigenvalue weighted by molar-refractivity contribution is 8.00. The van der Waals surface area contributed by atoms with E-state index in [9.17, 15) is 4.79 Å². The Hall–Kier alpha value is -2.77. The molecule has 0 saturated heterocycles. The molecule has 29 heavy (non-hydrogen) atoms. The van der Waals surface area contributed by atoms with E-state index in [1.165, 1.54) is 17.3 Å². The van der Waals surface area contributed by atoms with Gasteiger partial charge in [0.25, 0.3) is 0 Å². The van der Waals surface area contributed by atoms with Crippen LogP contribution in [0.25, 0.3) is 21.5 Å². The highest BCUT2D eigenvalue weighted by Gasteiger charge is 2.17. The maximum absolute atomic E-state index is 12.1. The summed E-state index contributed by atoms with van der Waals surface area (Å²) in [6, 6.07) is 17.8. The van der Waals surface area contributed by atoms with Crippen molar-refractivity contribution < 1.29 is 9.53 Å². The maximum atomic E-state index is 12.1. The van der Waals surface area contributed by atoms with Gasteiger partial charge in [-0.05, 0) is 19.4 Å². The topological polar surface area (TPSA) is 65.0 Å². The standard InChI is InChI=1S/C22H19N3O2S2/c1-14-8-10-17(11-9-14)19-21-20(23-15(2)29-21)22(25-24-19)28-13-18(26)27-12-16-6-4-3-5-7-16/h3-11H,12-13H2,1-2H3. The second-order valence-electron chi connectivity index (χ2n) is 6.57. The number of thiazole rings is 1. The quantitative estimate of drug-likeness (QED) is 0.315. The number of carbonyl (C=O) groups is 1. The largest absolute Gasteiger partial charge is 0.460 e. The van der Waals surface area contributed by atoms with Crippen molar-refractivity contribution in [2.24, 2.45) is 0 Å². The SMILES string of the molecule is Cc1ccc(-c2nnc(SCC(=O)OCc3ccccc3)c3nc(C)sc23)cc1. The molecule has 0 saturated carbocycles. The summed E-state index contributed by atoms with van der Waals surface area (Å²) in [5.41, 5.74) is 4.78. The number of benzene rings is 2. The van der Waals surface area contributed by atoms with Crippen LogP contribution in [0.15, 0.2) is 59.6 Å². The van der Waals surface area contributed by atoms with Gasteiger partial charge in [0.1, 0.15) is 22.8 Å². The van der Waals surface area contributed by atoms with E-state index in [1.807, 2.05) is 49.4 Å². The number of nitrogens with zero attached hydrogens (tertiary/aromatic N) is 3. The summed E-state index contributed by atoms with van der Waals surface area (Å²) in [6.07, 6.45) is 0. The Labute approximate surface area is 177 Å². The first-order valence-corrected chi connectivity index (χ1v) is 10.9. The van der Waals surface area contributed by atoms with Crippen molar-refractivity contribution in [2.45, 2.75) is 25.5 Å². The predicted molar refractivity (Wildman–Crippen MR) is 117 cm³/mol. The minimum Gasteiger partial charge on any atom is -0.460 e. The fraction of sp³-hybridized carbons (Fsp3) is 0.182. The Balaban J connectivity index is 1.50. The molecule has 0 unspecified atom stereocenters. The van der Waals surface area contributed by atoms with E-state index in [2.05, 4.69) is 34.2 Å². The van der Waals surface area contributed by atoms with Crippen molar-refractivity contribution in [3.63, 3.8) is 0 Å². The van der Waals surface area contributed by atoms with Crippen molar-refractivity contribution in [1.82, 2.24) is 15.2 Å². The van der Waals surface area contributed by atoms with Gasteiger partial charge in [0.15, 0.2) is 0 Å². The number of esters is 1. The molecule has 7 heteroatoms. The highest BCUT2D eigenvalue weighted by atomic mass is 32.2. The molecule has 0 spiro atoms. The van der Waals surface area contributed by atoms with Gasteiger partial charge in [0.05, 0.1) is 15.5 Å². The smallest absolute Gasteiger partial charge is 0.316 e. The first kappa shape index (κ1) is 19.5. The molecule has 0 aliphatic heterocycles. The van der Waals surface area contributed by atoms with E-state index in [0.717, 1.165) is 32.0 Å². The molecule has 0 radical (unpaired) electrons. The van der Waals surface area contributed by atoms with Crippen molar-refractivity contribution in [1.29, 1.82) is 0 Å². The van der Waals surface area contributed by atoms with Crippen molar-refractivity contribution in [2.75, 3.05) is 5.75 Å². The summed E-state index contributed by atoms with van der Waals surface area (Å²) < 4.78 is 6.33. The molecule has 4 aromatic rings. The van der Waals surface area contributed by atoms with Crippen LogP contribution in [0.4, 0.5) is 0 Å². The molecule has 0 fully saturated rings. The number of hydrogen-bond acceptors (Lipinski definition) is 7. The number of aryl methyl sites for hydroxylation is 2. The minimum atomic E-state index is -0.289. The Morgan fingerprint density at radius 2 is 1.79 bits per heavy atom. The fourth-order valence-electron chi connectivity index (χ4n) is 2.83. The van der Waals surface area contributed by atoms with Gasteiger partial charge in [-0.25, -0.2) is 4.98 Å². The summed E-state index contributed by atoms with van der Waals surface area (Å²) >= 11 is 2.90. The zero-order valence-corrected chi connectivity index (χ0v) is 17.7. The third-order valence-corrected chi connectivity index (χ3v) is 6.19. The molecule has 0 N–H and O–H groups in total. The van der Waals surface area contributed by atoms with Gasteiger partial charge in [0.2, 0.25) is 0 Å². The minimum absolute atomic E-state index is 0.164. The van der Waals surface area contributed by atoms with Crippen LogP contribution in [-0.4, -0.2) is 26.9 Å². The zero-order valence-electron chi connectivity index (χ0n) is 16.1. The van der Waals surface area contributed by atoms with Crippen LogP contribution in [0.1, 0.15) is 16.1 Å². The van der Waals surface area contributed by atoms with Crippen LogP contribution in [0, 0.1) is 13.8 Å². The highest BCUT2D eigenvalue weighted by Crippen LogP contribution is 2.35. The Bertz CT molecular complexity index is 1140. The van der Waals surface area contributed by atoms with Gasteiger partial charge in [0, 0.05) is 5.56 Å². The molecular weight excluding hydrogens is 402 g/mol. The third-order valence-electron chi connectivity index (χ3n) is 4.29. The van der Waals surface area contributed by atoms with Crippen LogP contribution in [0.5, 0.6) is 0 Å². The number of hydrogen-bond donors (Lipinski definition) is 0. The number of rotatable bonds is 6. The maximum Gasteiger partial charge on any atom is 0.316 e. The second kappa shape index (κ2) is 8.71. The molecule has 5 nitrogen and oxygen atoms in total. The molecule has 0 amide bonds. The van der Waals surface area contributed by atoms with E-state index < -0.39 is 0 Å². The van der Waals surface area contributed by atoms with E-state index in [4.69, 9.17) is 4.74 Å². The molecule has 0 aliphatic rings. The summed E-state index contributed by atoms with van der Waals surface area (Å²) in [7, 11) is 0. The van der Waals surface area contributed by atoms with Crippen LogP contribution in [0.2, 0.25) is 0 Å². The lowest BCUT2D eigenvalue weighted by Gasteiger charge is -2.06. The van der Waals surface area contributed by atoms with Crippen LogP contribution < -0.4 is 0 Å². The van der Waals surface area contributed by atoms with Gasteiger partial charge in [-0.15, -0.1) is 21.5 Å². The lowest BCUT2D eigenvalue weighted by molar-refractivity contribution is -0.141. The van der Waals surface area contributed by atoms with Crippen molar-refractivity contribution in [3.8, 4) is 11.3 Å². The number of aromatic nitrogens is 3.